The highest BCUT2D eigenvalue weighted by atomic mass is 32.2. The molecule has 0 aliphatic rings. The lowest BCUT2D eigenvalue weighted by Crippen LogP contribution is -2.34. The van der Waals surface area contributed by atoms with Crippen LogP contribution < -0.4 is 16.8 Å². The van der Waals surface area contributed by atoms with E-state index in [4.69, 9.17) is 16.9 Å². The van der Waals surface area contributed by atoms with Gasteiger partial charge in [-0.15, -0.1) is 0 Å². The maximum absolute atomic E-state index is 13.2. The van der Waals surface area contributed by atoms with Crippen LogP contribution in [0.4, 0.5) is 11.4 Å². The normalized spacial score (nSPS) is 13.4. The number of hydrogen-bond acceptors (Lipinski definition) is 5. The van der Waals surface area contributed by atoms with E-state index in [0.29, 0.717) is 28.6 Å². The van der Waals surface area contributed by atoms with Crippen molar-refractivity contribution in [2.24, 2.45) is 11.7 Å². The summed E-state index contributed by atoms with van der Waals surface area (Å²) in [5.41, 5.74) is 13.9. The first-order valence-corrected chi connectivity index (χ1v) is 10.4. The number of fused-ring (bicyclic) bond motifs is 1. The molecule has 0 aromatic heterocycles. The van der Waals surface area contributed by atoms with Crippen molar-refractivity contribution in [3.05, 3.63) is 66.2 Å². The van der Waals surface area contributed by atoms with Gasteiger partial charge in [-0.2, -0.15) is 0 Å². The molecule has 0 heterocycles. The number of rotatable bonds is 6. The Balaban J connectivity index is 1.89. The monoisotopic (exact) mass is 394 g/mol. The summed E-state index contributed by atoms with van der Waals surface area (Å²) in [6.45, 7) is 4.76. The van der Waals surface area contributed by atoms with Crippen molar-refractivity contribution in [1.82, 2.24) is 0 Å². The Morgan fingerprint density at radius 3 is 2.57 bits per heavy atom. The van der Waals surface area contributed by atoms with Crippen LogP contribution in [0.3, 0.4) is 0 Å². The second-order valence-corrected chi connectivity index (χ2v) is 8.55. The molecule has 0 aliphatic carbocycles. The van der Waals surface area contributed by atoms with E-state index in [1.807, 2.05) is 42.5 Å². The zero-order chi connectivity index (χ0) is 20.3. The van der Waals surface area contributed by atoms with Crippen LogP contribution in [0.1, 0.15) is 19.4 Å². The summed E-state index contributed by atoms with van der Waals surface area (Å²) in [5, 5.41) is 13.7. The van der Waals surface area contributed by atoms with E-state index >= 15 is 0 Å². The molecule has 5 nitrogen and oxygen atoms in total. The summed E-state index contributed by atoms with van der Waals surface area (Å²) in [5.74, 6) is 0.359. The van der Waals surface area contributed by atoms with E-state index in [0.717, 1.165) is 16.5 Å². The molecule has 3 aromatic carbocycles. The molecule has 2 atom stereocenters. The van der Waals surface area contributed by atoms with E-state index < -0.39 is 10.8 Å². The third kappa shape index (κ3) is 4.24. The number of benzene rings is 3. The number of anilines is 2. The largest absolute Gasteiger partial charge is 0.398 e. The van der Waals surface area contributed by atoms with Gasteiger partial charge >= 0.3 is 0 Å². The van der Waals surface area contributed by atoms with Gasteiger partial charge in [0.15, 0.2) is 0 Å². The van der Waals surface area contributed by atoms with Crippen molar-refractivity contribution in [3.63, 3.8) is 0 Å². The van der Waals surface area contributed by atoms with Gasteiger partial charge in [0.1, 0.15) is 15.8 Å². The lowest BCUT2D eigenvalue weighted by molar-refractivity contribution is 0.511. The molecule has 0 bridgehead atoms. The SMILES string of the molecule is CC(C)C(N)CNc1ccc(N)c(C(=N)S(=O)c2cccc3ccccc23)c1. The Labute approximate surface area is 168 Å². The summed E-state index contributed by atoms with van der Waals surface area (Å²) in [7, 11) is -1.64. The van der Waals surface area contributed by atoms with E-state index in [1.165, 1.54) is 0 Å². The fourth-order valence-electron chi connectivity index (χ4n) is 2.90. The van der Waals surface area contributed by atoms with Crippen LogP contribution in [0.15, 0.2) is 65.6 Å². The van der Waals surface area contributed by atoms with Crippen LogP contribution in [0.5, 0.6) is 0 Å². The number of nitrogens with one attached hydrogen (secondary N) is 2. The summed E-state index contributed by atoms with van der Waals surface area (Å²) >= 11 is 0. The van der Waals surface area contributed by atoms with Crippen LogP contribution in [0.25, 0.3) is 10.8 Å². The third-order valence-electron chi connectivity index (χ3n) is 4.83. The highest BCUT2D eigenvalue weighted by molar-refractivity contribution is 8.01. The first kappa shape index (κ1) is 20.0. The molecule has 0 fully saturated rings. The minimum absolute atomic E-state index is 0.00865. The lowest BCUT2D eigenvalue weighted by atomic mass is 10.1. The fourth-order valence-corrected chi connectivity index (χ4v) is 4.09. The molecular weight excluding hydrogens is 368 g/mol. The molecule has 0 radical (unpaired) electrons. The van der Waals surface area contributed by atoms with Gasteiger partial charge < -0.3 is 16.8 Å². The van der Waals surface area contributed by atoms with Crippen LogP contribution in [-0.2, 0) is 10.8 Å². The molecule has 6 N–H and O–H groups in total. The van der Waals surface area contributed by atoms with Crippen LogP contribution >= 0.6 is 0 Å². The first-order chi connectivity index (χ1) is 13.4. The standard InChI is InChI=1S/C22H26N4OS/c1-14(2)20(24)13-26-16-10-11-19(23)18(12-16)22(25)28(27)21-9-5-7-15-6-3-4-8-17(15)21/h3-12,14,20,25-26H,13,23-24H2,1-2H3. The predicted molar refractivity (Wildman–Crippen MR) is 119 cm³/mol. The lowest BCUT2D eigenvalue weighted by Gasteiger charge is -2.18. The molecule has 3 aromatic rings. The minimum atomic E-state index is -1.64. The van der Waals surface area contributed by atoms with Gasteiger partial charge in [-0.25, -0.2) is 4.21 Å². The van der Waals surface area contributed by atoms with Crippen molar-refractivity contribution < 1.29 is 4.21 Å². The number of nitrogen functional groups attached to an aromatic ring is 1. The van der Waals surface area contributed by atoms with E-state index in [1.54, 1.807) is 18.2 Å². The Morgan fingerprint density at radius 2 is 1.82 bits per heavy atom. The fraction of sp³-hybridized carbons (Fsp3) is 0.227. The molecular formula is C22H26N4OS. The molecule has 146 valence electrons. The average molecular weight is 395 g/mol. The second kappa shape index (κ2) is 8.54. The summed E-state index contributed by atoms with van der Waals surface area (Å²) in [6, 6.07) is 18.7. The molecule has 3 rings (SSSR count). The van der Waals surface area contributed by atoms with Crippen molar-refractivity contribution in [1.29, 1.82) is 5.41 Å². The highest BCUT2D eigenvalue weighted by Crippen LogP contribution is 2.26. The maximum atomic E-state index is 13.2. The van der Waals surface area contributed by atoms with Gasteiger partial charge in [0.05, 0.1) is 4.90 Å². The summed E-state index contributed by atoms with van der Waals surface area (Å²) < 4.78 is 13.2. The van der Waals surface area contributed by atoms with E-state index in [2.05, 4.69) is 19.2 Å². The maximum Gasteiger partial charge on any atom is 0.133 e. The Morgan fingerprint density at radius 1 is 1.11 bits per heavy atom. The van der Waals surface area contributed by atoms with Crippen LogP contribution in [-0.4, -0.2) is 21.8 Å². The van der Waals surface area contributed by atoms with E-state index in [9.17, 15) is 4.21 Å². The van der Waals surface area contributed by atoms with Crippen molar-refractivity contribution in [2.75, 3.05) is 17.6 Å². The molecule has 0 aliphatic heterocycles. The Bertz CT molecular complexity index is 1030. The quantitative estimate of drug-likeness (QED) is 0.289. The average Bonchev–Trinajstić information content (AvgIpc) is 2.71. The van der Waals surface area contributed by atoms with Crippen molar-refractivity contribution in [2.45, 2.75) is 24.8 Å². The van der Waals surface area contributed by atoms with Gasteiger partial charge in [0.2, 0.25) is 0 Å². The molecule has 0 spiro atoms. The Hall–Kier alpha value is -2.70. The van der Waals surface area contributed by atoms with Crippen molar-refractivity contribution in [3.8, 4) is 0 Å². The van der Waals surface area contributed by atoms with Crippen molar-refractivity contribution >= 4 is 38.0 Å². The smallest absolute Gasteiger partial charge is 0.133 e. The molecule has 0 amide bonds. The molecule has 6 heteroatoms. The molecule has 0 saturated carbocycles. The zero-order valence-electron chi connectivity index (χ0n) is 16.1. The first-order valence-electron chi connectivity index (χ1n) is 9.26. The van der Waals surface area contributed by atoms with Crippen LogP contribution in [0.2, 0.25) is 0 Å². The highest BCUT2D eigenvalue weighted by Gasteiger charge is 2.18. The van der Waals surface area contributed by atoms with Gasteiger partial charge in [-0.1, -0.05) is 50.2 Å². The molecule has 2 unspecified atom stereocenters. The molecule has 0 saturated heterocycles. The number of nitrogens with two attached hydrogens (primary N) is 2. The third-order valence-corrected chi connectivity index (χ3v) is 6.18. The zero-order valence-corrected chi connectivity index (χ0v) is 16.9. The van der Waals surface area contributed by atoms with Gasteiger partial charge in [-0.3, -0.25) is 5.41 Å². The minimum Gasteiger partial charge on any atom is -0.398 e. The van der Waals surface area contributed by atoms with Gasteiger partial charge in [0.25, 0.3) is 0 Å². The second-order valence-electron chi connectivity index (χ2n) is 7.17. The Kier molecular flexibility index (Phi) is 6.11. The summed E-state index contributed by atoms with van der Waals surface area (Å²) in [4.78, 5) is 0.614. The topological polar surface area (TPSA) is 105 Å². The van der Waals surface area contributed by atoms with E-state index in [-0.39, 0.29) is 11.1 Å². The number of hydrogen-bond donors (Lipinski definition) is 4. The van der Waals surface area contributed by atoms with Gasteiger partial charge in [0, 0.05) is 29.5 Å². The molecule has 28 heavy (non-hydrogen) atoms. The predicted octanol–water partition coefficient (Wildman–Crippen LogP) is 3.95. The summed E-state index contributed by atoms with van der Waals surface area (Å²) in [6.07, 6.45) is 0. The van der Waals surface area contributed by atoms with Gasteiger partial charge in [-0.05, 0) is 41.0 Å². The van der Waals surface area contributed by atoms with Crippen LogP contribution in [0, 0.1) is 11.3 Å².